The van der Waals surface area contributed by atoms with Crippen molar-refractivity contribution in [2.45, 2.75) is 13.0 Å². The number of hydrogen-bond donors (Lipinski definition) is 2. The van der Waals surface area contributed by atoms with E-state index < -0.39 is 6.03 Å². The molecular formula is C20H21N3O3. The van der Waals surface area contributed by atoms with E-state index in [1.807, 2.05) is 53.4 Å². The summed E-state index contributed by atoms with van der Waals surface area (Å²) in [7, 11) is 0. The van der Waals surface area contributed by atoms with Crippen LogP contribution in [0, 0.1) is 0 Å². The standard InChI is InChI=1S/C20H21N3O3/c21-20(25)23(26)11-4-7-15-8-9-18-17(13-15)10-12-22(19(18)24)14-16-5-2-1-3-6-16/h1-9,13,26H,10-12,14H2,(H2,21,25)/b7-4+. The van der Waals surface area contributed by atoms with Crippen LogP contribution >= 0.6 is 0 Å². The maximum atomic E-state index is 12.7. The number of primary amides is 1. The lowest BCUT2D eigenvalue weighted by atomic mass is 9.96. The summed E-state index contributed by atoms with van der Waals surface area (Å²) >= 11 is 0. The third-order valence-corrected chi connectivity index (χ3v) is 4.36. The van der Waals surface area contributed by atoms with Crippen molar-refractivity contribution in [3.8, 4) is 0 Å². The number of amides is 3. The van der Waals surface area contributed by atoms with Gasteiger partial charge in [0.2, 0.25) is 0 Å². The second-order valence-electron chi connectivity index (χ2n) is 6.20. The Morgan fingerprint density at radius 2 is 2.00 bits per heavy atom. The van der Waals surface area contributed by atoms with Gasteiger partial charge in [0.15, 0.2) is 0 Å². The SMILES string of the molecule is NC(=O)N(O)C/C=C/c1ccc2c(c1)CCN(Cc1ccccc1)C2=O. The van der Waals surface area contributed by atoms with E-state index in [1.54, 1.807) is 12.2 Å². The van der Waals surface area contributed by atoms with Crippen molar-refractivity contribution in [2.75, 3.05) is 13.1 Å². The van der Waals surface area contributed by atoms with Crippen LogP contribution in [0.4, 0.5) is 4.79 Å². The number of rotatable bonds is 5. The molecule has 3 amide bonds. The lowest BCUT2D eigenvalue weighted by Gasteiger charge is -2.29. The average Bonchev–Trinajstić information content (AvgIpc) is 2.65. The van der Waals surface area contributed by atoms with E-state index in [4.69, 9.17) is 5.73 Å². The van der Waals surface area contributed by atoms with Crippen LogP contribution < -0.4 is 5.73 Å². The van der Waals surface area contributed by atoms with E-state index in [1.165, 1.54) is 0 Å². The molecule has 6 nitrogen and oxygen atoms in total. The lowest BCUT2D eigenvalue weighted by molar-refractivity contribution is -0.0286. The minimum Gasteiger partial charge on any atom is -0.350 e. The molecule has 0 spiro atoms. The molecule has 6 heteroatoms. The van der Waals surface area contributed by atoms with Gasteiger partial charge in [0.25, 0.3) is 5.91 Å². The second-order valence-corrected chi connectivity index (χ2v) is 6.20. The molecule has 0 bridgehead atoms. The van der Waals surface area contributed by atoms with E-state index in [2.05, 4.69) is 0 Å². The number of carbonyl (C=O) groups is 2. The molecule has 3 rings (SSSR count). The lowest BCUT2D eigenvalue weighted by Crippen LogP contribution is -2.37. The van der Waals surface area contributed by atoms with E-state index in [-0.39, 0.29) is 12.5 Å². The minimum absolute atomic E-state index is 0.0101. The summed E-state index contributed by atoms with van der Waals surface area (Å²) in [4.78, 5) is 25.3. The van der Waals surface area contributed by atoms with Crippen LogP contribution in [0.5, 0.6) is 0 Å². The predicted octanol–water partition coefficient (Wildman–Crippen LogP) is 2.67. The Bertz CT molecular complexity index is 833. The zero-order valence-electron chi connectivity index (χ0n) is 14.3. The molecule has 26 heavy (non-hydrogen) atoms. The first-order chi connectivity index (χ1) is 12.5. The predicted molar refractivity (Wildman–Crippen MR) is 98.4 cm³/mol. The zero-order chi connectivity index (χ0) is 18.5. The Morgan fingerprint density at radius 3 is 2.73 bits per heavy atom. The molecule has 0 radical (unpaired) electrons. The molecule has 0 atom stereocenters. The summed E-state index contributed by atoms with van der Waals surface area (Å²) in [6.45, 7) is 1.30. The van der Waals surface area contributed by atoms with E-state index in [0.717, 1.165) is 28.7 Å². The van der Waals surface area contributed by atoms with Gasteiger partial charge in [0.05, 0.1) is 6.54 Å². The van der Waals surface area contributed by atoms with Gasteiger partial charge in [-0.1, -0.05) is 54.6 Å². The van der Waals surface area contributed by atoms with E-state index in [9.17, 15) is 14.8 Å². The Labute approximate surface area is 152 Å². The smallest absolute Gasteiger partial charge is 0.338 e. The molecule has 0 saturated carbocycles. The molecule has 0 saturated heterocycles. The minimum atomic E-state index is -0.899. The third kappa shape index (κ3) is 4.10. The van der Waals surface area contributed by atoms with Crippen LogP contribution in [0.2, 0.25) is 0 Å². The largest absolute Gasteiger partial charge is 0.350 e. The van der Waals surface area contributed by atoms with Crippen molar-refractivity contribution in [3.05, 3.63) is 76.9 Å². The Kier molecular flexibility index (Phi) is 5.34. The topological polar surface area (TPSA) is 86.9 Å². The number of hydroxylamine groups is 2. The van der Waals surface area contributed by atoms with Crippen LogP contribution in [-0.4, -0.2) is 40.2 Å². The van der Waals surface area contributed by atoms with Crippen molar-refractivity contribution < 1.29 is 14.8 Å². The van der Waals surface area contributed by atoms with Crippen molar-refractivity contribution in [3.63, 3.8) is 0 Å². The molecule has 0 unspecified atom stereocenters. The van der Waals surface area contributed by atoms with Crippen LogP contribution in [0.25, 0.3) is 6.08 Å². The summed E-state index contributed by atoms with van der Waals surface area (Å²) in [5.74, 6) is 0.0425. The Balaban J connectivity index is 1.69. The van der Waals surface area contributed by atoms with Crippen molar-refractivity contribution in [2.24, 2.45) is 5.73 Å². The van der Waals surface area contributed by atoms with Gasteiger partial charge in [-0.25, -0.2) is 9.86 Å². The highest BCUT2D eigenvalue weighted by molar-refractivity contribution is 5.97. The molecule has 1 aliphatic rings. The Hall–Kier alpha value is -3.12. The number of nitrogens with zero attached hydrogens (tertiary/aromatic N) is 2. The first-order valence-corrected chi connectivity index (χ1v) is 8.43. The molecule has 134 valence electrons. The maximum Gasteiger partial charge on any atom is 0.338 e. The normalized spacial score (nSPS) is 13.7. The van der Waals surface area contributed by atoms with Gasteiger partial charge in [-0.2, -0.15) is 0 Å². The van der Waals surface area contributed by atoms with E-state index in [0.29, 0.717) is 18.2 Å². The molecule has 0 aliphatic carbocycles. The zero-order valence-corrected chi connectivity index (χ0v) is 14.3. The Morgan fingerprint density at radius 1 is 1.23 bits per heavy atom. The average molecular weight is 351 g/mol. The van der Waals surface area contributed by atoms with Gasteiger partial charge in [0.1, 0.15) is 0 Å². The summed E-state index contributed by atoms with van der Waals surface area (Å²) in [6, 6.07) is 14.7. The van der Waals surface area contributed by atoms with Crippen LogP contribution in [0.1, 0.15) is 27.0 Å². The third-order valence-electron chi connectivity index (χ3n) is 4.36. The summed E-state index contributed by atoms with van der Waals surface area (Å²) in [6.07, 6.45) is 4.22. The van der Waals surface area contributed by atoms with Crippen molar-refractivity contribution in [1.29, 1.82) is 0 Å². The van der Waals surface area contributed by atoms with Crippen molar-refractivity contribution >= 4 is 18.0 Å². The molecule has 0 fully saturated rings. The number of benzene rings is 2. The van der Waals surface area contributed by atoms with Crippen LogP contribution in [0.3, 0.4) is 0 Å². The highest BCUT2D eigenvalue weighted by Gasteiger charge is 2.24. The monoisotopic (exact) mass is 351 g/mol. The van der Waals surface area contributed by atoms with Crippen molar-refractivity contribution in [1.82, 2.24) is 9.96 Å². The molecule has 2 aromatic rings. The van der Waals surface area contributed by atoms with Gasteiger partial charge < -0.3 is 10.6 Å². The molecule has 0 aromatic heterocycles. The highest BCUT2D eigenvalue weighted by atomic mass is 16.5. The molecule has 1 aliphatic heterocycles. The van der Waals surface area contributed by atoms with Crippen LogP contribution in [-0.2, 0) is 13.0 Å². The maximum absolute atomic E-state index is 12.7. The summed E-state index contributed by atoms with van der Waals surface area (Å²) in [5.41, 5.74) is 8.72. The molecule has 2 aromatic carbocycles. The number of carbonyl (C=O) groups excluding carboxylic acids is 2. The summed E-state index contributed by atoms with van der Waals surface area (Å²) in [5, 5.41) is 9.67. The van der Waals surface area contributed by atoms with Gasteiger partial charge in [-0.05, 0) is 29.2 Å². The number of urea groups is 1. The number of hydrogen-bond acceptors (Lipinski definition) is 3. The first-order valence-electron chi connectivity index (χ1n) is 8.43. The molecule has 3 N–H and O–H groups in total. The summed E-state index contributed by atoms with van der Waals surface area (Å²) < 4.78 is 0. The first kappa shape index (κ1) is 17.7. The van der Waals surface area contributed by atoms with Gasteiger partial charge in [-0.15, -0.1) is 0 Å². The molecular weight excluding hydrogens is 330 g/mol. The number of fused-ring (bicyclic) bond motifs is 1. The fraction of sp³-hybridized carbons (Fsp3) is 0.200. The second kappa shape index (κ2) is 7.84. The quantitative estimate of drug-likeness (QED) is 0.641. The van der Waals surface area contributed by atoms with Crippen LogP contribution in [0.15, 0.2) is 54.6 Å². The fourth-order valence-corrected chi connectivity index (χ4v) is 2.99. The van der Waals surface area contributed by atoms with Gasteiger partial charge in [0, 0.05) is 18.7 Å². The fourth-order valence-electron chi connectivity index (χ4n) is 2.99. The number of nitrogens with two attached hydrogens (primary N) is 1. The molecule has 1 heterocycles. The van der Waals surface area contributed by atoms with Gasteiger partial charge in [-0.3, -0.25) is 10.0 Å². The highest BCUT2D eigenvalue weighted by Crippen LogP contribution is 2.22. The van der Waals surface area contributed by atoms with Gasteiger partial charge >= 0.3 is 6.03 Å². The van der Waals surface area contributed by atoms with E-state index >= 15 is 0 Å².